The molecule has 2 aromatic rings. The summed E-state index contributed by atoms with van der Waals surface area (Å²) in [6.07, 6.45) is 1.41. The molecule has 21 heavy (non-hydrogen) atoms. The van der Waals surface area contributed by atoms with E-state index in [2.05, 4.69) is 15.6 Å². The van der Waals surface area contributed by atoms with Gasteiger partial charge in [0.2, 0.25) is 0 Å². The minimum atomic E-state index is -1.02. The molecule has 0 fully saturated rings. The number of carboxylic acid groups (broad SMARTS) is 1. The van der Waals surface area contributed by atoms with Crippen LogP contribution >= 0.6 is 11.3 Å². The van der Waals surface area contributed by atoms with E-state index < -0.39 is 5.97 Å². The van der Waals surface area contributed by atoms with E-state index in [9.17, 15) is 9.59 Å². The standard InChI is InChI=1S/C14H15N3O3S/c1-9-2-3-12(21-9)8-17-14(20)16-7-11-6-10(13(18)19)4-5-15-11/h2-6H,7-8H2,1H3,(H,18,19)(H2,16,17,20). The number of aryl methyl sites for hydroxylation is 1. The van der Waals surface area contributed by atoms with Crippen molar-refractivity contribution in [2.75, 3.05) is 0 Å². The molecule has 2 rings (SSSR count). The molecule has 0 radical (unpaired) electrons. The Morgan fingerprint density at radius 3 is 2.67 bits per heavy atom. The van der Waals surface area contributed by atoms with Crippen molar-refractivity contribution in [3.05, 3.63) is 51.5 Å². The van der Waals surface area contributed by atoms with Gasteiger partial charge in [-0.05, 0) is 31.2 Å². The van der Waals surface area contributed by atoms with Crippen molar-refractivity contribution in [2.24, 2.45) is 0 Å². The van der Waals surface area contributed by atoms with E-state index in [0.29, 0.717) is 12.2 Å². The first kappa shape index (κ1) is 15.0. The third kappa shape index (κ3) is 4.57. The number of hydrogen-bond donors (Lipinski definition) is 3. The maximum Gasteiger partial charge on any atom is 0.335 e. The Labute approximate surface area is 125 Å². The molecule has 2 aromatic heterocycles. The normalized spacial score (nSPS) is 10.1. The molecule has 0 atom stereocenters. The van der Waals surface area contributed by atoms with E-state index in [1.54, 1.807) is 11.3 Å². The van der Waals surface area contributed by atoms with Crippen LogP contribution in [0.2, 0.25) is 0 Å². The van der Waals surface area contributed by atoms with Crippen molar-refractivity contribution in [3.8, 4) is 0 Å². The number of rotatable bonds is 5. The summed E-state index contributed by atoms with van der Waals surface area (Å²) in [7, 11) is 0. The molecule has 0 bridgehead atoms. The van der Waals surface area contributed by atoms with Gasteiger partial charge in [0.05, 0.1) is 24.3 Å². The minimum absolute atomic E-state index is 0.149. The molecule has 0 aliphatic carbocycles. The Morgan fingerprint density at radius 2 is 2.00 bits per heavy atom. The summed E-state index contributed by atoms with van der Waals surface area (Å²) in [5, 5.41) is 14.3. The van der Waals surface area contributed by atoms with Gasteiger partial charge in [0.1, 0.15) is 0 Å². The largest absolute Gasteiger partial charge is 0.478 e. The highest BCUT2D eigenvalue weighted by atomic mass is 32.1. The summed E-state index contributed by atoms with van der Waals surface area (Å²) >= 11 is 1.63. The summed E-state index contributed by atoms with van der Waals surface area (Å²) in [6, 6.07) is 6.50. The van der Waals surface area contributed by atoms with Gasteiger partial charge in [-0.3, -0.25) is 4.98 Å². The second-order valence-corrected chi connectivity index (χ2v) is 5.76. The fraction of sp³-hybridized carbons (Fsp3) is 0.214. The van der Waals surface area contributed by atoms with E-state index in [0.717, 1.165) is 4.88 Å². The molecule has 0 saturated heterocycles. The third-order valence-electron chi connectivity index (χ3n) is 2.71. The fourth-order valence-electron chi connectivity index (χ4n) is 1.69. The highest BCUT2D eigenvalue weighted by Crippen LogP contribution is 2.14. The van der Waals surface area contributed by atoms with Crippen LogP contribution in [0.3, 0.4) is 0 Å². The Morgan fingerprint density at radius 1 is 1.24 bits per heavy atom. The number of nitrogens with one attached hydrogen (secondary N) is 2. The van der Waals surface area contributed by atoms with Crippen LogP contribution in [0.15, 0.2) is 30.5 Å². The molecular formula is C14H15N3O3S. The number of carboxylic acids is 1. The van der Waals surface area contributed by atoms with E-state index in [-0.39, 0.29) is 18.1 Å². The lowest BCUT2D eigenvalue weighted by Gasteiger charge is -2.06. The zero-order valence-corrected chi connectivity index (χ0v) is 12.2. The van der Waals surface area contributed by atoms with Gasteiger partial charge in [0, 0.05) is 16.0 Å². The van der Waals surface area contributed by atoms with Crippen molar-refractivity contribution < 1.29 is 14.7 Å². The number of aromatic nitrogens is 1. The Balaban J connectivity index is 1.81. The lowest BCUT2D eigenvalue weighted by molar-refractivity contribution is 0.0696. The lowest BCUT2D eigenvalue weighted by Crippen LogP contribution is -2.34. The highest BCUT2D eigenvalue weighted by molar-refractivity contribution is 7.11. The molecule has 7 heteroatoms. The number of thiophene rings is 1. The van der Waals surface area contributed by atoms with Gasteiger partial charge >= 0.3 is 12.0 Å². The van der Waals surface area contributed by atoms with Crippen LogP contribution in [0.5, 0.6) is 0 Å². The molecule has 0 aromatic carbocycles. The van der Waals surface area contributed by atoms with Crippen LogP contribution in [0.4, 0.5) is 4.79 Å². The van der Waals surface area contributed by atoms with E-state index >= 15 is 0 Å². The number of pyridine rings is 1. The van der Waals surface area contributed by atoms with E-state index in [1.165, 1.54) is 23.2 Å². The topological polar surface area (TPSA) is 91.3 Å². The molecule has 110 valence electrons. The van der Waals surface area contributed by atoms with Gasteiger partial charge in [-0.1, -0.05) is 0 Å². The zero-order valence-electron chi connectivity index (χ0n) is 11.4. The van der Waals surface area contributed by atoms with Crippen molar-refractivity contribution in [1.29, 1.82) is 0 Å². The fourth-order valence-corrected chi connectivity index (χ4v) is 2.52. The smallest absolute Gasteiger partial charge is 0.335 e. The van der Waals surface area contributed by atoms with Gasteiger partial charge in [0.25, 0.3) is 0 Å². The SMILES string of the molecule is Cc1ccc(CNC(=O)NCc2cc(C(=O)O)ccn2)s1. The average Bonchev–Trinajstić information content (AvgIpc) is 2.89. The highest BCUT2D eigenvalue weighted by Gasteiger charge is 2.06. The molecule has 6 nitrogen and oxygen atoms in total. The van der Waals surface area contributed by atoms with Crippen molar-refractivity contribution in [1.82, 2.24) is 15.6 Å². The Kier molecular flexibility index (Phi) is 4.89. The van der Waals surface area contributed by atoms with Crippen LogP contribution in [-0.4, -0.2) is 22.1 Å². The van der Waals surface area contributed by atoms with Crippen molar-refractivity contribution in [3.63, 3.8) is 0 Å². The molecule has 0 saturated carbocycles. The van der Waals surface area contributed by atoms with Gasteiger partial charge in [-0.25, -0.2) is 9.59 Å². The molecule has 3 N–H and O–H groups in total. The maximum atomic E-state index is 11.7. The van der Waals surface area contributed by atoms with Crippen LogP contribution in [0.1, 0.15) is 25.8 Å². The quantitative estimate of drug-likeness (QED) is 0.789. The minimum Gasteiger partial charge on any atom is -0.478 e. The number of amides is 2. The first-order valence-corrected chi connectivity index (χ1v) is 7.11. The summed E-state index contributed by atoms with van der Waals surface area (Å²) in [6.45, 7) is 2.65. The van der Waals surface area contributed by atoms with E-state index in [1.807, 2.05) is 19.1 Å². The Bertz CT molecular complexity index is 654. The van der Waals surface area contributed by atoms with Crippen LogP contribution in [-0.2, 0) is 13.1 Å². The van der Waals surface area contributed by atoms with Gasteiger partial charge < -0.3 is 15.7 Å². The van der Waals surface area contributed by atoms with Gasteiger partial charge in [-0.15, -0.1) is 11.3 Å². The first-order valence-electron chi connectivity index (χ1n) is 6.30. The molecule has 0 aliphatic heterocycles. The molecule has 0 spiro atoms. The maximum absolute atomic E-state index is 11.7. The summed E-state index contributed by atoms with van der Waals surface area (Å²) in [4.78, 5) is 28.8. The molecule has 0 unspecified atom stereocenters. The lowest BCUT2D eigenvalue weighted by atomic mass is 10.2. The monoisotopic (exact) mass is 305 g/mol. The van der Waals surface area contributed by atoms with Crippen LogP contribution < -0.4 is 10.6 Å². The van der Waals surface area contributed by atoms with Gasteiger partial charge in [-0.2, -0.15) is 0 Å². The second-order valence-electron chi connectivity index (χ2n) is 4.39. The molecule has 2 amide bonds. The average molecular weight is 305 g/mol. The summed E-state index contributed by atoms with van der Waals surface area (Å²) in [5.74, 6) is -1.02. The number of aromatic carboxylic acids is 1. The van der Waals surface area contributed by atoms with Crippen LogP contribution in [0, 0.1) is 6.92 Å². The van der Waals surface area contributed by atoms with Crippen LogP contribution in [0.25, 0.3) is 0 Å². The number of hydrogen-bond acceptors (Lipinski definition) is 4. The number of urea groups is 1. The summed E-state index contributed by atoms with van der Waals surface area (Å²) in [5.41, 5.74) is 0.647. The third-order valence-corrected chi connectivity index (χ3v) is 3.71. The van der Waals surface area contributed by atoms with E-state index in [4.69, 9.17) is 5.11 Å². The number of carbonyl (C=O) groups is 2. The molecule has 2 heterocycles. The van der Waals surface area contributed by atoms with Crippen molar-refractivity contribution in [2.45, 2.75) is 20.0 Å². The first-order chi connectivity index (χ1) is 10.0. The Hall–Kier alpha value is -2.41. The van der Waals surface area contributed by atoms with Gasteiger partial charge in [0.15, 0.2) is 0 Å². The number of carbonyl (C=O) groups excluding carboxylic acids is 1. The predicted molar refractivity (Wildman–Crippen MR) is 79.3 cm³/mol. The molecule has 0 aliphatic rings. The second kappa shape index (κ2) is 6.85. The predicted octanol–water partition coefficient (Wildman–Crippen LogP) is 2.15. The number of nitrogens with zero attached hydrogens (tertiary/aromatic N) is 1. The zero-order chi connectivity index (χ0) is 15.2. The molecular weight excluding hydrogens is 290 g/mol. The summed E-state index contributed by atoms with van der Waals surface area (Å²) < 4.78 is 0. The van der Waals surface area contributed by atoms with Crippen molar-refractivity contribution >= 4 is 23.3 Å².